The molecule has 2 aromatic carbocycles. The SMILES string of the molecule is CO[C@@H]1C[C@H](C(=O)Nc2ccc(Cl)cc2)N(C(=O)Nc2c(F)cc(-n3ccccc3=O)cc2F)C1. The first-order valence-electron chi connectivity index (χ1n) is 10.6. The van der Waals surface area contributed by atoms with E-state index in [1.807, 2.05) is 0 Å². The summed E-state index contributed by atoms with van der Waals surface area (Å²) in [5, 5.41) is 5.41. The molecular formula is C24H21ClF2N4O4. The Morgan fingerprint density at radius 3 is 2.37 bits per heavy atom. The van der Waals surface area contributed by atoms with Crippen LogP contribution in [0.2, 0.25) is 5.02 Å². The number of ether oxygens (including phenoxy) is 1. The number of aromatic nitrogens is 1. The molecule has 0 aliphatic carbocycles. The fraction of sp³-hybridized carbons (Fsp3) is 0.208. The zero-order chi connectivity index (χ0) is 25.1. The van der Waals surface area contributed by atoms with E-state index in [-0.39, 0.29) is 18.7 Å². The summed E-state index contributed by atoms with van der Waals surface area (Å²) in [6.07, 6.45) is 1.13. The van der Waals surface area contributed by atoms with Crippen LogP contribution in [0.25, 0.3) is 5.69 Å². The number of rotatable bonds is 5. The molecule has 0 radical (unpaired) electrons. The summed E-state index contributed by atoms with van der Waals surface area (Å²) in [7, 11) is 1.45. The lowest BCUT2D eigenvalue weighted by Gasteiger charge is -2.24. The molecule has 1 fully saturated rings. The molecule has 0 saturated carbocycles. The Bertz CT molecular complexity index is 1290. The van der Waals surface area contributed by atoms with E-state index in [4.69, 9.17) is 16.3 Å². The summed E-state index contributed by atoms with van der Waals surface area (Å²) < 4.78 is 36.0. The van der Waals surface area contributed by atoms with Crippen LogP contribution in [-0.2, 0) is 9.53 Å². The van der Waals surface area contributed by atoms with Crippen molar-refractivity contribution in [2.75, 3.05) is 24.3 Å². The highest BCUT2D eigenvalue weighted by Crippen LogP contribution is 2.26. The molecule has 3 aromatic rings. The van der Waals surface area contributed by atoms with Gasteiger partial charge in [-0.25, -0.2) is 13.6 Å². The van der Waals surface area contributed by atoms with Gasteiger partial charge in [-0.1, -0.05) is 17.7 Å². The summed E-state index contributed by atoms with van der Waals surface area (Å²) in [5.41, 5.74) is -0.727. The number of amides is 3. The number of hydrogen-bond donors (Lipinski definition) is 2. The van der Waals surface area contributed by atoms with Gasteiger partial charge in [-0.2, -0.15) is 0 Å². The Kier molecular flexibility index (Phi) is 7.13. The Morgan fingerprint density at radius 2 is 1.74 bits per heavy atom. The molecule has 1 saturated heterocycles. The molecule has 3 amide bonds. The standard InChI is InChI=1S/C24H21ClF2N4O4/c1-35-17-12-20(23(33)28-15-7-5-14(25)6-8-15)31(13-17)24(34)29-22-18(26)10-16(11-19(22)27)30-9-3-2-4-21(30)32/h2-11,17,20H,12-13H2,1H3,(H,28,33)(H,29,34)/t17-,20-/m1/s1. The summed E-state index contributed by atoms with van der Waals surface area (Å²) in [6.45, 7) is 0.0434. The Morgan fingerprint density at radius 1 is 1.06 bits per heavy atom. The molecule has 0 spiro atoms. The van der Waals surface area contributed by atoms with E-state index in [1.54, 1.807) is 30.3 Å². The highest BCUT2D eigenvalue weighted by molar-refractivity contribution is 6.30. The largest absolute Gasteiger partial charge is 0.380 e. The van der Waals surface area contributed by atoms with Gasteiger partial charge in [-0.05, 0) is 30.3 Å². The average molecular weight is 503 g/mol. The maximum atomic E-state index is 14.8. The quantitative estimate of drug-likeness (QED) is 0.551. The number of carbonyl (C=O) groups excluding carboxylic acids is 2. The minimum atomic E-state index is -1.08. The van der Waals surface area contributed by atoms with Crippen LogP contribution in [0, 0.1) is 11.6 Å². The monoisotopic (exact) mass is 502 g/mol. The summed E-state index contributed by atoms with van der Waals surface area (Å²) >= 11 is 5.86. The van der Waals surface area contributed by atoms with Crippen molar-refractivity contribution in [1.29, 1.82) is 0 Å². The zero-order valence-electron chi connectivity index (χ0n) is 18.5. The average Bonchev–Trinajstić information content (AvgIpc) is 3.28. The van der Waals surface area contributed by atoms with E-state index in [0.29, 0.717) is 10.7 Å². The lowest BCUT2D eigenvalue weighted by molar-refractivity contribution is -0.119. The molecule has 1 aliphatic rings. The first kappa shape index (κ1) is 24.4. The third-order valence-electron chi connectivity index (χ3n) is 5.63. The number of halogens is 3. The van der Waals surface area contributed by atoms with Crippen LogP contribution in [0.4, 0.5) is 25.0 Å². The lowest BCUT2D eigenvalue weighted by Crippen LogP contribution is -2.45. The number of anilines is 2. The van der Waals surface area contributed by atoms with Gasteiger partial charge in [-0.15, -0.1) is 0 Å². The second-order valence-electron chi connectivity index (χ2n) is 7.88. The Hall–Kier alpha value is -3.76. The van der Waals surface area contributed by atoms with Gasteiger partial charge in [0.15, 0.2) is 11.6 Å². The molecule has 2 N–H and O–H groups in total. The van der Waals surface area contributed by atoms with E-state index in [9.17, 15) is 23.2 Å². The van der Waals surface area contributed by atoms with E-state index < -0.39 is 47.0 Å². The fourth-order valence-electron chi connectivity index (χ4n) is 3.84. The molecule has 0 bridgehead atoms. The Balaban J connectivity index is 1.54. The lowest BCUT2D eigenvalue weighted by atomic mass is 10.1. The number of benzene rings is 2. The van der Waals surface area contributed by atoms with Crippen molar-refractivity contribution in [3.8, 4) is 5.69 Å². The van der Waals surface area contributed by atoms with Gasteiger partial charge in [0.05, 0.1) is 11.8 Å². The van der Waals surface area contributed by atoms with Gasteiger partial charge in [0, 0.05) is 55.2 Å². The number of methoxy groups -OCH3 is 1. The van der Waals surface area contributed by atoms with Crippen molar-refractivity contribution in [2.45, 2.75) is 18.6 Å². The van der Waals surface area contributed by atoms with Gasteiger partial charge in [0.1, 0.15) is 11.7 Å². The van der Waals surface area contributed by atoms with E-state index in [2.05, 4.69) is 10.6 Å². The molecule has 2 heterocycles. The van der Waals surface area contributed by atoms with Crippen molar-refractivity contribution in [1.82, 2.24) is 9.47 Å². The molecule has 1 aliphatic heterocycles. The number of pyridine rings is 1. The summed E-state index contributed by atoms with van der Waals surface area (Å²) in [6, 6.07) is 10.8. The maximum Gasteiger partial charge on any atom is 0.322 e. The fourth-order valence-corrected chi connectivity index (χ4v) is 3.96. The van der Waals surface area contributed by atoms with Crippen LogP contribution in [-0.4, -0.2) is 47.2 Å². The Labute approximate surface area is 204 Å². The molecule has 8 nitrogen and oxygen atoms in total. The molecule has 1 aromatic heterocycles. The second kappa shape index (κ2) is 10.2. The third-order valence-corrected chi connectivity index (χ3v) is 5.88. The highest BCUT2D eigenvalue weighted by atomic mass is 35.5. The number of carbonyl (C=O) groups is 2. The van der Waals surface area contributed by atoms with Crippen LogP contribution in [0.15, 0.2) is 65.6 Å². The smallest absolute Gasteiger partial charge is 0.322 e. The van der Waals surface area contributed by atoms with Crippen molar-refractivity contribution in [2.24, 2.45) is 0 Å². The van der Waals surface area contributed by atoms with E-state index in [1.165, 1.54) is 25.4 Å². The first-order chi connectivity index (χ1) is 16.8. The number of urea groups is 1. The zero-order valence-corrected chi connectivity index (χ0v) is 19.3. The molecule has 11 heteroatoms. The van der Waals surface area contributed by atoms with Crippen LogP contribution < -0.4 is 16.2 Å². The summed E-state index contributed by atoms with van der Waals surface area (Å²) in [5.74, 6) is -2.63. The van der Waals surface area contributed by atoms with Gasteiger partial charge >= 0.3 is 6.03 Å². The van der Waals surface area contributed by atoms with Crippen molar-refractivity contribution < 1.29 is 23.1 Å². The molecule has 2 atom stereocenters. The molecule has 0 unspecified atom stereocenters. The molecule has 35 heavy (non-hydrogen) atoms. The highest BCUT2D eigenvalue weighted by Gasteiger charge is 2.40. The molecular weight excluding hydrogens is 482 g/mol. The van der Waals surface area contributed by atoms with Gasteiger partial charge in [0.25, 0.3) is 5.56 Å². The van der Waals surface area contributed by atoms with Crippen LogP contribution in [0.5, 0.6) is 0 Å². The van der Waals surface area contributed by atoms with Crippen molar-refractivity contribution in [3.05, 3.63) is 87.8 Å². The van der Waals surface area contributed by atoms with E-state index >= 15 is 0 Å². The number of nitrogens with zero attached hydrogens (tertiary/aromatic N) is 2. The van der Waals surface area contributed by atoms with Crippen LogP contribution >= 0.6 is 11.6 Å². The number of nitrogens with one attached hydrogen (secondary N) is 2. The van der Waals surface area contributed by atoms with E-state index in [0.717, 1.165) is 21.6 Å². The molecule has 182 valence electrons. The number of likely N-dealkylation sites (tertiary alicyclic amines) is 1. The first-order valence-corrected chi connectivity index (χ1v) is 11.0. The minimum absolute atomic E-state index is 0.0376. The van der Waals surface area contributed by atoms with Gasteiger partial charge in [-0.3, -0.25) is 14.2 Å². The maximum absolute atomic E-state index is 14.8. The second-order valence-corrected chi connectivity index (χ2v) is 8.32. The van der Waals surface area contributed by atoms with Gasteiger partial charge < -0.3 is 20.3 Å². The normalized spacial score (nSPS) is 17.3. The molecule has 4 rings (SSSR count). The van der Waals surface area contributed by atoms with Gasteiger partial charge in [0.2, 0.25) is 5.91 Å². The topological polar surface area (TPSA) is 92.7 Å². The minimum Gasteiger partial charge on any atom is -0.380 e. The predicted molar refractivity (Wildman–Crippen MR) is 127 cm³/mol. The van der Waals surface area contributed by atoms with Crippen molar-refractivity contribution >= 4 is 34.9 Å². The van der Waals surface area contributed by atoms with Crippen LogP contribution in [0.1, 0.15) is 6.42 Å². The third kappa shape index (κ3) is 5.33. The number of hydrogen-bond acceptors (Lipinski definition) is 4. The predicted octanol–water partition coefficient (Wildman–Crippen LogP) is 4.03. The van der Waals surface area contributed by atoms with Crippen molar-refractivity contribution in [3.63, 3.8) is 0 Å². The summed E-state index contributed by atoms with van der Waals surface area (Å²) in [4.78, 5) is 39.0. The van der Waals surface area contributed by atoms with Crippen LogP contribution in [0.3, 0.4) is 0 Å².